The molecular formula is C20H22O2. The minimum absolute atomic E-state index is 0.151. The second kappa shape index (κ2) is 7.37. The van der Waals surface area contributed by atoms with E-state index in [1.165, 1.54) is 11.1 Å². The largest absolute Gasteiger partial charge is 0.381 e. The number of hydrogen-bond donors (Lipinski definition) is 0. The topological polar surface area (TPSA) is 26.3 Å². The molecular weight excluding hydrogens is 272 g/mol. The highest BCUT2D eigenvalue weighted by molar-refractivity contribution is 5.82. The quantitative estimate of drug-likeness (QED) is 0.826. The Morgan fingerprint density at radius 3 is 1.91 bits per heavy atom. The molecule has 2 heteroatoms. The lowest BCUT2D eigenvalue weighted by Crippen LogP contribution is -2.25. The van der Waals surface area contributed by atoms with Crippen LogP contribution in [0.5, 0.6) is 0 Å². The van der Waals surface area contributed by atoms with Gasteiger partial charge in [-0.1, -0.05) is 60.7 Å². The minimum atomic E-state index is 0.151. The van der Waals surface area contributed by atoms with Gasteiger partial charge in [0.1, 0.15) is 5.78 Å². The Morgan fingerprint density at radius 1 is 0.909 bits per heavy atom. The van der Waals surface area contributed by atoms with Crippen LogP contribution in [-0.2, 0) is 9.53 Å². The molecule has 3 rings (SSSR count). The van der Waals surface area contributed by atoms with Crippen LogP contribution in [0.3, 0.4) is 0 Å². The first-order valence-electron chi connectivity index (χ1n) is 8.05. The first-order valence-corrected chi connectivity index (χ1v) is 8.05. The van der Waals surface area contributed by atoms with Gasteiger partial charge in [0, 0.05) is 31.5 Å². The summed E-state index contributed by atoms with van der Waals surface area (Å²) < 4.78 is 5.37. The van der Waals surface area contributed by atoms with Crippen molar-refractivity contribution in [2.45, 2.75) is 25.2 Å². The zero-order chi connectivity index (χ0) is 15.2. The smallest absolute Gasteiger partial charge is 0.137 e. The molecule has 0 saturated carbocycles. The number of ketones is 1. The molecule has 0 unspecified atom stereocenters. The second-order valence-electron chi connectivity index (χ2n) is 5.93. The third kappa shape index (κ3) is 3.63. The van der Waals surface area contributed by atoms with Gasteiger partial charge in [0.25, 0.3) is 0 Å². The Kier molecular flexibility index (Phi) is 5.02. The first-order chi connectivity index (χ1) is 10.8. The van der Waals surface area contributed by atoms with E-state index in [1.54, 1.807) is 0 Å². The molecule has 0 radical (unpaired) electrons. The van der Waals surface area contributed by atoms with Crippen LogP contribution in [0.4, 0.5) is 0 Å². The van der Waals surface area contributed by atoms with Gasteiger partial charge in [-0.25, -0.2) is 0 Å². The maximum Gasteiger partial charge on any atom is 0.137 e. The van der Waals surface area contributed by atoms with Crippen molar-refractivity contribution in [3.63, 3.8) is 0 Å². The molecule has 1 fully saturated rings. The van der Waals surface area contributed by atoms with E-state index < -0.39 is 0 Å². The maximum atomic E-state index is 12.7. The van der Waals surface area contributed by atoms with Crippen molar-refractivity contribution in [3.05, 3.63) is 71.8 Å². The summed E-state index contributed by atoms with van der Waals surface area (Å²) in [6.07, 6.45) is 2.32. The van der Waals surface area contributed by atoms with E-state index in [-0.39, 0.29) is 11.8 Å². The van der Waals surface area contributed by atoms with Crippen LogP contribution in [0.25, 0.3) is 0 Å². The zero-order valence-corrected chi connectivity index (χ0v) is 12.8. The van der Waals surface area contributed by atoms with Crippen LogP contribution >= 0.6 is 0 Å². The van der Waals surface area contributed by atoms with Crippen molar-refractivity contribution in [2.75, 3.05) is 13.2 Å². The van der Waals surface area contributed by atoms with Crippen LogP contribution < -0.4 is 0 Å². The van der Waals surface area contributed by atoms with E-state index in [4.69, 9.17) is 4.74 Å². The highest BCUT2D eigenvalue weighted by Crippen LogP contribution is 2.30. The molecule has 1 saturated heterocycles. The van der Waals surface area contributed by atoms with Gasteiger partial charge in [0.2, 0.25) is 0 Å². The van der Waals surface area contributed by atoms with E-state index >= 15 is 0 Å². The number of Topliss-reactive ketones (excluding diaryl/α,β-unsaturated/α-hetero) is 1. The lowest BCUT2D eigenvalue weighted by Gasteiger charge is -2.24. The molecule has 0 aliphatic carbocycles. The van der Waals surface area contributed by atoms with Crippen molar-refractivity contribution in [2.24, 2.45) is 5.92 Å². The van der Waals surface area contributed by atoms with Gasteiger partial charge in [0.15, 0.2) is 0 Å². The monoisotopic (exact) mass is 294 g/mol. The highest BCUT2D eigenvalue weighted by atomic mass is 16.5. The SMILES string of the molecule is O=C(CC(c1ccccc1)c1ccccc1)C1CCOCC1. The predicted octanol–water partition coefficient (Wildman–Crippen LogP) is 4.20. The minimum Gasteiger partial charge on any atom is -0.381 e. The highest BCUT2D eigenvalue weighted by Gasteiger charge is 2.25. The second-order valence-corrected chi connectivity index (χ2v) is 5.93. The molecule has 1 aliphatic heterocycles. The van der Waals surface area contributed by atoms with E-state index in [0.717, 1.165) is 26.1 Å². The molecule has 1 heterocycles. The summed E-state index contributed by atoms with van der Waals surface area (Å²) in [5.41, 5.74) is 2.43. The van der Waals surface area contributed by atoms with Crippen molar-refractivity contribution >= 4 is 5.78 Å². The summed E-state index contributed by atoms with van der Waals surface area (Å²) in [5.74, 6) is 0.697. The Hall–Kier alpha value is -1.93. The predicted molar refractivity (Wildman–Crippen MR) is 87.9 cm³/mol. The number of rotatable bonds is 5. The van der Waals surface area contributed by atoms with E-state index in [9.17, 15) is 4.79 Å². The Labute approximate surface area is 132 Å². The fourth-order valence-electron chi connectivity index (χ4n) is 3.19. The number of hydrogen-bond acceptors (Lipinski definition) is 2. The molecule has 22 heavy (non-hydrogen) atoms. The van der Waals surface area contributed by atoms with Crippen molar-refractivity contribution in [1.82, 2.24) is 0 Å². The van der Waals surface area contributed by atoms with E-state index in [0.29, 0.717) is 12.2 Å². The molecule has 2 aromatic rings. The van der Waals surface area contributed by atoms with Gasteiger partial charge in [-0.2, -0.15) is 0 Å². The number of carbonyl (C=O) groups is 1. The fraction of sp³-hybridized carbons (Fsp3) is 0.350. The van der Waals surface area contributed by atoms with Gasteiger partial charge in [-0.05, 0) is 24.0 Å². The van der Waals surface area contributed by atoms with Crippen LogP contribution in [0.2, 0.25) is 0 Å². The Balaban J connectivity index is 1.81. The van der Waals surface area contributed by atoms with E-state index in [1.807, 2.05) is 36.4 Å². The molecule has 2 nitrogen and oxygen atoms in total. The van der Waals surface area contributed by atoms with Crippen LogP contribution in [-0.4, -0.2) is 19.0 Å². The van der Waals surface area contributed by atoms with E-state index in [2.05, 4.69) is 24.3 Å². The lowest BCUT2D eigenvalue weighted by atomic mass is 9.82. The molecule has 0 aromatic heterocycles. The molecule has 0 N–H and O–H groups in total. The van der Waals surface area contributed by atoms with Crippen LogP contribution in [0.15, 0.2) is 60.7 Å². The third-order valence-corrected chi connectivity index (χ3v) is 4.49. The maximum absolute atomic E-state index is 12.7. The number of ether oxygens (including phenoxy) is 1. The summed E-state index contributed by atoms with van der Waals surface area (Å²) in [4.78, 5) is 12.7. The summed E-state index contributed by atoms with van der Waals surface area (Å²) >= 11 is 0. The van der Waals surface area contributed by atoms with Crippen LogP contribution in [0.1, 0.15) is 36.3 Å². The molecule has 2 aromatic carbocycles. The zero-order valence-electron chi connectivity index (χ0n) is 12.8. The molecule has 1 aliphatic rings. The summed E-state index contributed by atoms with van der Waals surface area (Å²) in [6, 6.07) is 20.7. The Bertz CT molecular complexity index is 546. The first kappa shape index (κ1) is 15.0. The molecule has 114 valence electrons. The molecule has 0 spiro atoms. The van der Waals surface area contributed by atoms with Gasteiger partial charge in [-0.3, -0.25) is 4.79 Å². The summed E-state index contributed by atoms with van der Waals surface area (Å²) in [6.45, 7) is 1.44. The standard InChI is InChI=1S/C20H22O2/c21-20(18-11-13-22-14-12-18)15-19(16-7-3-1-4-8-16)17-9-5-2-6-10-17/h1-10,18-19H,11-15H2. The molecule has 0 amide bonds. The molecule has 0 atom stereocenters. The van der Waals surface area contributed by atoms with Gasteiger partial charge < -0.3 is 4.74 Å². The van der Waals surface area contributed by atoms with Crippen LogP contribution in [0, 0.1) is 5.92 Å². The average molecular weight is 294 g/mol. The van der Waals surface area contributed by atoms with Gasteiger partial charge in [-0.15, -0.1) is 0 Å². The van der Waals surface area contributed by atoms with Gasteiger partial charge in [0.05, 0.1) is 0 Å². The molecule has 0 bridgehead atoms. The van der Waals surface area contributed by atoms with Crippen molar-refractivity contribution in [1.29, 1.82) is 0 Å². The normalized spacial score (nSPS) is 15.9. The Morgan fingerprint density at radius 2 is 1.41 bits per heavy atom. The van der Waals surface area contributed by atoms with Crippen molar-refractivity contribution < 1.29 is 9.53 Å². The fourth-order valence-corrected chi connectivity index (χ4v) is 3.19. The number of benzene rings is 2. The number of carbonyl (C=O) groups excluding carboxylic acids is 1. The lowest BCUT2D eigenvalue weighted by molar-refractivity contribution is -0.125. The van der Waals surface area contributed by atoms with Gasteiger partial charge >= 0.3 is 0 Å². The average Bonchev–Trinajstić information content (AvgIpc) is 2.62. The summed E-state index contributed by atoms with van der Waals surface area (Å²) in [5, 5.41) is 0. The third-order valence-electron chi connectivity index (χ3n) is 4.49. The summed E-state index contributed by atoms with van der Waals surface area (Å²) in [7, 11) is 0. The van der Waals surface area contributed by atoms with Crippen molar-refractivity contribution in [3.8, 4) is 0 Å².